The number of nitrogens with one attached hydrogen (secondary N) is 1. The zero-order chi connectivity index (χ0) is 19.9. The number of pyridine rings is 1. The summed E-state index contributed by atoms with van der Waals surface area (Å²) in [5.74, 6) is -0.365. The van der Waals surface area contributed by atoms with Crippen molar-refractivity contribution in [3.05, 3.63) is 47.6 Å². The molecule has 0 aliphatic heterocycles. The summed E-state index contributed by atoms with van der Waals surface area (Å²) in [5, 5.41) is 2.81. The summed E-state index contributed by atoms with van der Waals surface area (Å²) in [6, 6.07) is 10.1. The normalized spacial score (nSPS) is 11.1. The van der Waals surface area contributed by atoms with Crippen LogP contribution in [0.1, 0.15) is 13.8 Å². The van der Waals surface area contributed by atoms with Gasteiger partial charge < -0.3 is 9.64 Å². The maximum absolute atomic E-state index is 12.1. The van der Waals surface area contributed by atoms with Gasteiger partial charge in [-0.15, -0.1) is 0 Å². The van der Waals surface area contributed by atoms with E-state index in [0.717, 1.165) is 18.8 Å². The van der Waals surface area contributed by atoms with Gasteiger partial charge in [0.2, 0.25) is 0 Å². The first kappa shape index (κ1) is 21.0. The minimum absolute atomic E-state index is 0.108. The fourth-order valence-corrected chi connectivity index (χ4v) is 3.51. The monoisotopic (exact) mass is 411 g/mol. The van der Waals surface area contributed by atoms with Crippen LogP contribution in [0.5, 0.6) is 0 Å². The molecule has 1 aromatic carbocycles. The Balaban J connectivity index is 1.84. The first-order valence-corrected chi connectivity index (χ1v) is 10.5. The maximum atomic E-state index is 12.1. The van der Waals surface area contributed by atoms with Gasteiger partial charge in [0.15, 0.2) is 14.9 Å². The second-order valence-electron chi connectivity index (χ2n) is 5.61. The molecule has 1 aromatic heterocycles. The molecular weight excluding hydrogens is 390 g/mol. The number of sulfone groups is 1. The SMILES string of the molecule is CCN(CC)c1ccc(NC(=O)OCCS(=O)(=O)c2ccc(Cl)cn2)cc1. The molecule has 1 heterocycles. The predicted molar refractivity (Wildman–Crippen MR) is 106 cm³/mol. The van der Waals surface area contributed by atoms with E-state index in [1.807, 2.05) is 12.1 Å². The zero-order valence-corrected chi connectivity index (χ0v) is 16.8. The van der Waals surface area contributed by atoms with Crippen LogP contribution in [0.15, 0.2) is 47.6 Å². The lowest BCUT2D eigenvalue weighted by molar-refractivity contribution is 0.168. The van der Waals surface area contributed by atoms with E-state index in [1.54, 1.807) is 12.1 Å². The molecule has 0 aliphatic rings. The van der Waals surface area contributed by atoms with Gasteiger partial charge in [-0.3, -0.25) is 5.32 Å². The van der Waals surface area contributed by atoms with Crippen molar-refractivity contribution in [3.63, 3.8) is 0 Å². The van der Waals surface area contributed by atoms with Gasteiger partial charge in [-0.05, 0) is 50.2 Å². The molecule has 0 fully saturated rings. The third kappa shape index (κ3) is 6.11. The summed E-state index contributed by atoms with van der Waals surface area (Å²) < 4.78 is 29.2. The van der Waals surface area contributed by atoms with E-state index >= 15 is 0 Å². The van der Waals surface area contributed by atoms with Crippen molar-refractivity contribution in [2.75, 3.05) is 35.7 Å². The quantitative estimate of drug-likeness (QED) is 0.713. The van der Waals surface area contributed by atoms with Crippen LogP contribution in [0, 0.1) is 0 Å². The third-order valence-corrected chi connectivity index (χ3v) is 5.65. The highest BCUT2D eigenvalue weighted by Crippen LogP contribution is 2.18. The van der Waals surface area contributed by atoms with Crippen molar-refractivity contribution in [1.82, 2.24) is 4.98 Å². The number of carbonyl (C=O) groups excluding carboxylic acids is 1. The van der Waals surface area contributed by atoms with Gasteiger partial charge in [-0.25, -0.2) is 18.2 Å². The molecule has 9 heteroatoms. The van der Waals surface area contributed by atoms with Crippen LogP contribution < -0.4 is 10.2 Å². The molecule has 0 spiro atoms. The van der Waals surface area contributed by atoms with Crippen LogP contribution in [0.4, 0.5) is 16.2 Å². The lowest BCUT2D eigenvalue weighted by Crippen LogP contribution is -2.22. The molecule has 1 N–H and O–H groups in total. The highest BCUT2D eigenvalue weighted by molar-refractivity contribution is 7.91. The van der Waals surface area contributed by atoms with Crippen LogP contribution in [-0.2, 0) is 14.6 Å². The molecule has 2 rings (SSSR count). The number of nitrogens with zero attached hydrogens (tertiary/aromatic N) is 2. The van der Waals surface area contributed by atoms with Gasteiger partial charge in [-0.1, -0.05) is 11.6 Å². The smallest absolute Gasteiger partial charge is 0.411 e. The van der Waals surface area contributed by atoms with Crippen LogP contribution >= 0.6 is 11.6 Å². The molecule has 0 atom stereocenters. The number of rotatable bonds is 8. The average molecular weight is 412 g/mol. The Morgan fingerprint density at radius 1 is 1.15 bits per heavy atom. The predicted octanol–water partition coefficient (Wildman–Crippen LogP) is 3.60. The van der Waals surface area contributed by atoms with E-state index in [1.165, 1.54) is 18.3 Å². The molecule has 0 saturated carbocycles. The Morgan fingerprint density at radius 3 is 2.37 bits per heavy atom. The largest absolute Gasteiger partial charge is 0.448 e. The number of aromatic nitrogens is 1. The zero-order valence-electron chi connectivity index (χ0n) is 15.2. The molecular formula is C18H22ClN3O4S. The fourth-order valence-electron chi connectivity index (χ4n) is 2.39. The van der Waals surface area contributed by atoms with Gasteiger partial charge in [0.1, 0.15) is 6.61 Å². The number of halogens is 1. The van der Waals surface area contributed by atoms with Crippen molar-refractivity contribution in [3.8, 4) is 0 Å². The Labute approximate surface area is 164 Å². The van der Waals surface area contributed by atoms with Crippen molar-refractivity contribution in [2.24, 2.45) is 0 Å². The number of amides is 1. The Bertz CT molecular complexity index is 851. The summed E-state index contributed by atoms with van der Waals surface area (Å²) in [6.07, 6.45) is 0.536. The number of benzene rings is 1. The molecule has 0 aliphatic carbocycles. The molecule has 0 bridgehead atoms. The van der Waals surface area contributed by atoms with Crippen molar-refractivity contribution < 1.29 is 17.9 Å². The van der Waals surface area contributed by atoms with Gasteiger partial charge in [0.25, 0.3) is 0 Å². The second-order valence-corrected chi connectivity index (χ2v) is 8.11. The van der Waals surface area contributed by atoms with E-state index in [-0.39, 0.29) is 17.4 Å². The minimum atomic E-state index is -3.65. The van der Waals surface area contributed by atoms with E-state index in [4.69, 9.17) is 16.3 Å². The standard InChI is InChI=1S/C18H22ClN3O4S/c1-3-22(4-2)16-8-6-15(7-9-16)21-18(23)26-11-12-27(24,25)17-10-5-14(19)13-20-17/h5-10,13H,3-4,11-12H2,1-2H3,(H,21,23). The highest BCUT2D eigenvalue weighted by Gasteiger charge is 2.17. The highest BCUT2D eigenvalue weighted by atomic mass is 35.5. The van der Waals surface area contributed by atoms with E-state index in [2.05, 4.69) is 29.0 Å². The summed E-state index contributed by atoms with van der Waals surface area (Å²) in [4.78, 5) is 17.8. The number of hydrogen-bond donors (Lipinski definition) is 1. The summed E-state index contributed by atoms with van der Waals surface area (Å²) in [5.41, 5.74) is 1.62. The first-order valence-electron chi connectivity index (χ1n) is 8.48. The lowest BCUT2D eigenvalue weighted by Gasteiger charge is -2.21. The van der Waals surface area contributed by atoms with Gasteiger partial charge in [0, 0.05) is 30.7 Å². The number of ether oxygens (including phenoxy) is 1. The molecule has 27 heavy (non-hydrogen) atoms. The Hall–Kier alpha value is -2.32. The first-order chi connectivity index (χ1) is 12.9. The molecule has 146 valence electrons. The summed E-state index contributed by atoms with van der Waals surface area (Å²) >= 11 is 5.69. The van der Waals surface area contributed by atoms with Gasteiger partial charge in [0.05, 0.1) is 10.8 Å². The van der Waals surface area contributed by atoms with Crippen molar-refractivity contribution in [1.29, 1.82) is 0 Å². The minimum Gasteiger partial charge on any atom is -0.448 e. The lowest BCUT2D eigenvalue weighted by atomic mass is 10.2. The molecule has 7 nitrogen and oxygen atoms in total. The Kier molecular flexibility index (Phi) is 7.44. The molecule has 0 saturated heterocycles. The average Bonchev–Trinajstić information content (AvgIpc) is 2.64. The molecule has 0 unspecified atom stereocenters. The Morgan fingerprint density at radius 2 is 1.81 bits per heavy atom. The molecule has 1 amide bonds. The van der Waals surface area contributed by atoms with Crippen LogP contribution in [0.25, 0.3) is 0 Å². The van der Waals surface area contributed by atoms with Crippen molar-refractivity contribution in [2.45, 2.75) is 18.9 Å². The summed E-state index contributed by atoms with van der Waals surface area (Å²) in [6.45, 7) is 5.64. The van der Waals surface area contributed by atoms with Crippen molar-refractivity contribution >= 4 is 38.9 Å². The van der Waals surface area contributed by atoms with E-state index in [0.29, 0.717) is 10.7 Å². The van der Waals surface area contributed by atoms with Gasteiger partial charge >= 0.3 is 6.09 Å². The van der Waals surface area contributed by atoms with E-state index < -0.39 is 15.9 Å². The maximum Gasteiger partial charge on any atom is 0.411 e. The van der Waals surface area contributed by atoms with Crippen LogP contribution in [0.3, 0.4) is 0 Å². The number of hydrogen-bond acceptors (Lipinski definition) is 6. The number of anilines is 2. The molecule has 2 aromatic rings. The van der Waals surface area contributed by atoms with Gasteiger partial charge in [-0.2, -0.15) is 0 Å². The third-order valence-electron chi connectivity index (χ3n) is 3.85. The van der Waals surface area contributed by atoms with Crippen LogP contribution in [0.2, 0.25) is 5.02 Å². The molecule has 0 radical (unpaired) electrons. The second kappa shape index (κ2) is 9.57. The summed E-state index contributed by atoms with van der Waals surface area (Å²) in [7, 11) is -3.65. The van der Waals surface area contributed by atoms with Crippen LogP contribution in [-0.4, -0.2) is 44.9 Å². The fraction of sp³-hybridized carbons (Fsp3) is 0.333. The number of carbonyl (C=O) groups is 1. The topological polar surface area (TPSA) is 88.6 Å². The van der Waals surface area contributed by atoms with E-state index in [9.17, 15) is 13.2 Å².